The summed E-state index contributed by atoms with van der Waals surface area (Å²) in [5, 5.41) is 28.4. The summed E-state index contributed by atoms with van der Waals surface area (Å²) in [5.41, 5.74) is 43.5. The predicted molar refractivity (Wildman–Crippen MR) is 504 cm³/mol. The van der Waals surface area contributed by atoms with Crippen LogP contribution in [-0.4, -0.2) is 90.7 Å². The van der Waals surface area contributed by atoms with E-state index in [4.69, 9.17) is 54.8 Å². The number of nitrogens with two attached hydrogens (primary N) is 3. The second-order valence-corrected chi connectivity index (χ2v) is 33.5. The Morgan fingerprint density at radius 1 is 0.357 bits per heavy atom. The number of para-hydroxylation sites is 3. The Morgan fingerprint density at radius 3 is 1.08 bits per heavy atom. The highest BCUT2D eigenvalue weighted by Gasteiger charge is 2.26. The number of hydrogen-bond acceptors (Lipinski definition) is 18. The monoisotopic (exact) mass is 1740 g/mol. The van der Waals surface area contributed by atoms with Gasteiger partial charge in [0.05, 0.1) is 13.2 Å². The maximum Gasteiger partial charge on any atom is 0.320 e. The fraction of sp³-hybridized carbons (Fsp3) is 0.278. The van der Waals surface area contributed by atoms with Gasteiger partial charge in [0, 0.05) is 97.8 Å². The number of benzene rings is 12. The topological polar surface area (TPSA) is 290 Å². The zero-order chi connectivity index (χ0) is 90.5. The Labute approximate surface area is 756 Å². The zero-order valence-corrected chi connectivity index (χ0v) is 74.4. The lowest BCUT2D eigenvalue weighted by atomic mass is 10.0. The molecule has 13 aromatic rings. The Balaban J connectivity index is 0.000000165. The molecule has 0 saturated heterocycles. The summed E-state index contributed by atoms with van der Waals surface area (Å²) in [6, 6.07) is 83.3. The summed E-state index contributed by atoms with van der Waals surface area (Å²) in [6.45, 7) is 20.9. The van der Waals surface area contributed by atoms with Crippen LogP contribution in [0.2, 0.25) is 0 Å². The number of carbonyl (C=O) groups is 3. The smallest absolute Gasteiger partial charge is 0.320 e. The van der Waals surface area contributed by atoms with Crippen molar-refractivity contribution >= 4 is 35.1 Å². The van der Waals surface area contributed by atoms with Crippen molar-refractivity contribution in [1.29, 1.82) is 0 Å². The molecule has 9 N–H and O–H groups in total. The molecule has 2 heterocycles. The normalized spacial score (nSPS) is 12.6. The molecule has 2 aliphatic rings. The van der Waals surface area contributed by atoms with Crippen molar-refractivity contribution in [3.8, 4) is 34.5 Å². The van der Waals surface area contributed by atoms with Gasteiger partial charge < -0.3 is 70.1 Å². The molecule has 129 heavy (non-hydrogen) atoms. The molecule has 0 unspecified atom stereocenters. The first-order valence-electron chi connectivity index (χ1n) is 43.9. The van der Waals surface area contributed by atoms with Crippen molar-refractivity contribution in [3.63, 3.8) is 0 Å². The maximum atomic E-state index is 11.6. The molecule has 1 aliphatic carbocycles. The Bertz CT molecular complexity index is 5970. The van der Waals surface area contributed by atoms with Gasteiger partial charge in [0.25, 0.3) is 0 Å². The van der Waals surface area contributed by atoms with E-state index in [-0.39, 0.29) is 6.42 Å². The van der Waals surface area contributed by atoms with Crippen LogP contribution in [0.1, 0.15) is 142 Å². The van der Waals surface area contributed by atoms with Gasteiger partial charge in [-0.1, -0.05) is 264 Å². The minimum atomic E-state index is -1.02. The van der Waals surface area contributed by atoms with E-state index in [0.717, 1.165) is 124 Å². The lowest BCUT2D eigenvalue weighted by molar-refractivity contribution is -0.139. The molecule has 12 aromatic carbocycles. The highest BCUT2D eigenvalue weighted by atomic mass is 16.5. The van der Waals surface area contributed by atoms with Gasteiger partial charge in [-0.3, -0.25) is 29.1 Å². The number of carboxylic acid groups (broad SMARTS) is 3. The summed E-state index contributed by atoms with van der Waals surface area (Å²) in [4.78, 5) is 45.7. The standard InChI is InChI=1S/C37H40N2O4.C36H40N2O5.C35H37N3O5/c1-26-8-5-10-28(20-26)24-42-35-15-4-3-12-31(35)22-39(19-18-34(38)37(40)41)23-32-17-16-30-13-7-14-33(30)36(32)43-25-29-11-6-9-27(2)21-29;1-25-7-5-9-27(15-25)21-42-34-12-4-3-11-29(34)19-38(14-13-33(37)36(39)40)20-30-17-31-23-41-24-32(31)18-35(30)43-22-28-10-6-8-26(2)16-28;1-24-7-5-9-26(17-24)21-41-31-12-4-3-11-28(31)19-38(16-15-30(36)35(39)40)20-29-13-14-32-33(37-23-43-32)34(29)42-22-27-10-6-8-25(2)18-27/h3-12,14-17,20-21,34H,13,18-19,22-25,38H2,1-2H3,(H,40,41);3-12,15-18,33H,13-14,19-24,37H2,1-2H3,(H,39,40);3-14,17-18,23,30H,15-16,19-22,36H2,1-2H3,(H,39,40)/t34-;33-;30-/m000/s1. The zero-order valence-electron chi connectivity index (χ0n) is 74.4. The molecule has 1 aromatic heterocycles. The maximum absolute atomic E-state index is 11.6. The molecule has 0 fully saturated rings. The Morgan fingerprint density at radius 2 is 0.690 bits per heavy atom. The van der Waals surface area contributed by atoms with E-state index in [0.29, 0.717) is 141 Å². The summed E-state index contributed by atoms with van der Waals surface area (Å²) < 4.78 is 49.5. The third kappa shape index (κ3) is 27.9. The minimum Gasteiger partial charge on any atom is -0.489 e. The predicted octanol–water partition coefficient (Wildman–Crippen LogP) is 19.5. The number of nitrogens with zero attached hydrogens (tertiary/aromatic N) is 4. The van der Waals surface area contributed by atoms with E-state index >= 15 is 0 Å². The number of hydrogen-bond donors (Lipinski definition) is 6. The highest BCUT2D eigenvalue weighted by molar-refractivity contribution is 5.81. The van der Waals surface area contributed by atoms with Crippen LogP contribution >= 0.6 is 0 Å². The Hall–Kier alpha value is -13.2. The van der Waals surface area contributed by atoms with E-state index < -0.39 is 36.0 Å². The fourth-order valence-corrected chi connectivity index (χ4v) is 15.9. The molecular weight excluding hydrogens is 1620 g/mol. The second-order valence-electron chi connectivity index (χ2n) is 33.5. The van der Waals surface area contributed by atoms with Crippen LogP contribution in [0.15, 0.2) is 272 Å². The SMILES string of the molecule is Cc1cccc(COc2ccccc2CN(CC[C@H](N)C(=O)O)Cc2cc3c(cc2OCc2cccc(C)c2)COC3)c1.Cc1cccc(COc2ccccc2CN(CC[C@H](N)C(=O)O)Cc2ccc3c(c2OCc2cccc(C)c2)C=CC3)c1.Cc1cccc(COc2ccccc2CN(CC[C@H](N)C(=O)O)Cc2ccc3ocnc3c2OCc2cccc(C)c2)c1. The molecule has 0 spiro atoms. The van der Waals surface area contributed by atoms with Gasteiger partial charge in [-0.15, -0.1) is 0 Å². The summed E-state index contributed by atoms with van der Waals surface area (Å²) in [5.74, 6) is 1.70. The lowest BCUT2D eigenvalue weighted by Gasteiger charge is -2.26. The number of ether oxygens (including phenoxy) is 7. The Kier molecular flexibility index (Phi) is 33.7. The molecular formula is C108H117N7O14. The molecule has 0 saturated carbocycles. The lowest BCUT2D eigenvalue weighted by Crippen LogP contribution is -2.35. The van der Waals surface area contributed by atoms with E-state index in [2.05, 4.69) is 213 Å². The number of carboxylic acids is 3. The fourth-order valence-electron chi connectivity index (χ4n) is 15.9. The number of allylic oxidation sites excluding steroid dienone is 1. The largest absolute Gasteiger partial charge is 0.489 e. The van der Waals surface area contributed by atoms with E-state index in [1.54, 1.807) is 0 Å². The molecule has 3 atom stereocenters. The number of oxazole rings is 1. The number of aromatic nitrogens is 1. The first-order chi connectivity index (χ1) is 62.5. The van der Waals surface area contributed by atoms with Crippen LogP contribution in [0.25, 0.3) is 17.2 Å². The van der Waals surface area contributed by atoms with Crippen molar-refractivity contribution in [2.24, 2.45) is 17.2 Å². The quantitative estimate of drug-likeness (QED) is 0.0207. The van der Waals surface area contributed by atoms with E-state index in [1.165, 1.54) is 39.8 Å². The van der Waals surface area contributed by atoms with Gasteiger partial charge in [-0.25, -0.2) is 4.98 Å². The van der Waals surface area contributed by atoms with Gasteiger partial charge in [-0.2, -0.15) is 0 Å². The van der Waals surface area contributed by atoms with Gasteiger partial charge in [0.15, 0.2) is 23.2 Å². The molecule has 0 bridgehead atoms. The van der Waals surface area contributed by atoms with Crippen LogP contribution in [-0.2, 0) is 118 Å². The third-order valence-electron chi connectivity index (χ3n) is 22.8. The number of aryl methyl sites for hydroxylation is 6. The highest BCUT2D eigenvalue weighted by Crippen LogP contribution is 2.38. The molecule has 1 aliphatic heterocycles. The van der Waals surface area contributed by atoms with Crippen LogP contribution in [0.3, 0.4) is 0 Å². The molecule has 668 valence electrons. The molecule has 21 nitrogen and oxygen atoms in total. The average Bonchev–Trinajstić information content (AvgIpc) is 1.70. The average molecular weight is 1740 g/mol. The summed E-state index contributed by atoms with van der Waals surface area (Å²) in [7, 11) is 0. The van der Waals surface area contributed by atoms with Gasteiger partial charge in [-0.05, 0) is 154 Å². The van der Waals surface area contributed by atoms with Crippen molar-refractivity contribution in [1.82, 2.24) is 19.7 Å². The molecule has 15 rings (SSSR count). The summed E-state index contributed by atoms with van der Waals surface area (Å²) >= 11 is 0. The first kappa shape index (κ1) is 93.4. The van der Waals surface area contributed by atoms with Crippen molar-refractivity contribution in [2.75, 3.05) is 19.6 Å². The molecule has 21 heteroatoms. The van der Waals surface area contributed by atoms with E-state index in [1.807, 2.05) is 115 Å². The number of aliphatic carboxylic acids is 3. The van der Waals surface area contributed by atoms with Crippen LogP contribution in [0.4, 0.5) is 0 Å². The summed E-state index contributed by atoms with van der Waals surface area (Å²) in [6.07, 6.45) is 7.54. The van der Waals surface area contributed by atoms with Crippen molar-refractivity contribution in [2.45, 2.75) is 177 Å². The third-order valence-corrected chi connectivity index (χ3v) is 22.8. The van der Waals surface area contributed by atoms with Crippen LogP contribution < -0.4 is 45.6 Å². The van der Waals surface area contributed by atoms with Gasteiger partial charge in [0.2, 0.25) is 0 Å². The van der Waals surface area contributed by atoms with Crippen molar-refractivity contribution < 1.29 is 67.3 Å². The van der Waals surface area contributed by atoms with Gasteiger partial charge >= 0.3 is 17.9 Å². The van der Waals surface area contributed by atoms with Gasteiger partial charge in [0.1, 0.15) is 86.5 Å². The first-order valence-corrected chi connectivity index (χ1v) is 43.9. The molecule has 0 radical (unpaired) electrons. The van der Waals surface area contributed by atoms with Crippen LogP contribution in [0.5, 0.6) is 34.5 Å². The van der Waals surface area contributed by atoms with Crippen molar-refractivity contribution in [3.05, 3.63) is 390 Å². The molecule has 0 amide bonds. The number of rotatable bonds is 42. The van der Waals surface area contributed by atoms with E-state index in [9.17, 15) is 29.7 Å². The minimum absolute atomic E-state index is 0.285. The number of fused-ring (bicyclic) bond motifs is 3. The van der Waals surface area contributed by atoms with Crippen LogP contribution in [0, 0.1) is 41.5 Å². The second kappa shape index (κ2) is 46.5.